The van der Waals surface area contributed by atoms with Crippen LogP contribution in [0.15, 0.2) is 0 Å². The van der Waals surface area contributed by atoms with Crippen molar-refractivity contribution < 1.29 is 95.3 Å². The number of rotatable bonds is 10. The molecule has 0 amide bonds. The Kier molecular flexibility index (Phi) is 9.30. The molecule has 0 spiro atoms. The summed E-state index contributed by atoms with van der Waals surface area (Å²) in [4.78, 5) is 0. The van der Waals surface area contributed by atoms with Crippen LogP contribution in [-0.4, -0.2) is 80.0 Å². The summed E-state index contributed by atoms with van der Waals surface area (Å²) in [5, 5.41) is 0. The molecular formula is C13H9F21OSn. The van der Waals surface area contributed by atoms with E-state index >= 15 is 0 Å². The second-order valence-electron chi connectivity index (χ2n) is 7.25. The summed E-state index contributed by atoms with van der Waals surface area (Å²) in [6.45, 7) is 0. The van der Waals surface area contributed by atoms with E-state index in [0.29, 0.717) is 0 Å². The van der Waals surface area contributed by atoms with Crippen LogP contribution in [0.1, 0.15) is 0 Å². The van der Waals surface area contributed by atoms with Gasteiger partial charge in [0.1, 0.15) is 0 Å². The van der Waals surface area contributed by atoms with E-state index in [0.717, 1.165) is 0 Å². The summed E-state index contributed by atoms with van der Waals surface area (Å²) in [6, 6.07) is 0. The summed E-state index contributed by atoms with van der Waals surface area (Å²) in [7, 11) is -0.485. The second-order valence-corrected chi connectivity index (χ2v) is 18.2. The van der Waals surface area contributed by atoms with Crippen molar-refractivity contribution in [3.8, 4) is 0 Å². The molecule has 218 valence electrons. The van der Waals surface area contributed by atoms with E-state index in [9.17, 15) is 92.2 Å². The summed E-state index contributed by atoms with van der Waals surface area (Å²) in [5.74, 6) is -43.3. The van der Waals surface area contributed by atoms with E-state index in [2.05, 4.69) is 3.07 Å². The van der Waals surface area contributed by atoms with Gasteiger partial charge in [-0.1, -0.05) is 0 Å². The molecule has 0 bridgehead atoms. The van der Waals surface area contributed by atoms with E-state index in [1.807, 2.05) is 0 Å². The van der Waals surface area contributed by atoms with Gasteiger partial charge >= 0.3 is 189 Å². The summed E-state index contributed by atoms with van der Waals surface area (Å²) < 4.78 is 264. The van der Waals surface area contributed by atoms with Gasteiger partial charge in [0.25, 0.3) is 0 Å². The first kappa shape index (κ1) is 35.3. The van der Waals surface area contributed by atoms with E-state index < -0.39 is 93.3 Å². The van der Waals surface area contributed by atoms with Crippen LogP contribution in [0.2, 0.25) is 13.3 Å². The summed E-state index contributed by atoms with van der Waals surface area (Å²) >= 11 is -8.46. The van der Waals surface area contributed by atoms with Gasteiger partial charge in [-0.2, -0.15) is 0 Å². The first-order chi connectivity index (χ1) is 15.2. The molecule has 0 saturated carbocycles. The van der Waals surface area contributed by atoms with Crippen LogP contribution >= 0.6 is 0 Å². The van der Waals surface area contributed by atoms with Crippen molar-refractivity contribution >= 4 is 18.8 Å². The molecule has 0 unspecified atom stereocenters. The molecular weight excluding hydrogens is 690 g/mol. The zero-order valence-corrected chi connectivity index (χ0v) is 19.3. The fraction of sp³-hybridized carbons (Fsp3) is 1.00. The third-order valence-electron chi connectivity index (χ3n) is 4.51. The van der Waals surface area contributed by atoms with E-state index in [-0.39, 0.29) is 0 Å². The fourth-order valence-electron chi connectivity index (χ4n) is 2.57. The Morgan fingerprint density at radius 1 is 0.389 bits per heavy atom. The predicted octanol–water partition coefficient (Wildman–Crippen LogP) is 8.08. The van der Waals surface area contributed by atoms with Gasteiger partial charge in [0.05, 0.1) is 0 Å². The van der Waals surface area contributed by atoms with Crippen molar-refractivity contribution in [3.63, 3.8) is 0 Å². The molecule has 23 heteroatoms. The van der Waals surface area contributed by atoms with Crippen LogP contribution in [0, 0.1) is 0 Å². The Hall–Kier alpha value is -0.711. The average Bonchev–Trinajstić information content (AvgIpc) is 2.56. The zero-order chi connectivity index (χ0) is 29.8. The van der Waals surface area contributed by atoms with Crippen molar-refractivity contribution in [1.82, 2.24) is 0 Å². The van der Waals surface area contributed by atoms with Gasteiger partial charge in [0.15, 0.2) is 0 Å². The molecule has 0 heterocycles. The second kappa shape index (κ2) is 9.49. The van der Waals surface area contributed by atoms with Gasteiger partial charge in [-0.15, -0.1) is 0 Å². The Balaban J connectivity index is 7.09. The molecule has 0 rings (SSSR count). The van der Waals surface area contributed by atoms with Gasteiger partial charge in [0.2, 0.25) is 0 Å². The van der Waals surface area contributed by atoms with E-state index in [1.165, 1.54) is 0 Å². The van der Waals surface area contributed by atoms with Crippen molar-refractivity contribution in [2.24, 2.45) is 0 Å². The maximum absolute atomic E-state index is 13.8. The standard InChI is InChI=1S/3C4H2F7.CH3O.Sn/c3*1-2(5,6)3(7,8)4(9,10)11;1-2;/h3*1H2;1H3;/q;;;-1;+1. The predicted molar refractivity (Wildman–Crippen MR) is 75.0 cm³/mol. The molecule has 0 aromatic heterocycles. The molecule has 0 aromatic carbocycles. The van der Waals surface area contributed by atoms with Crippen molar-refractivity contribution in [3.05, 3.63) is 0 Å². The molecule has 0 fully saturated rings. The summed E-state index contributed by atoms with van der Waals surface area (Å²) in [5.41, 5.74) is 0. The first-order valence-corrected chi connectivity index (χ1v) is 15.4. The SMILES string of the molecule is C[O][Sn]([CH2]C(F)(F)C(F)(F)C(F)(F)F)([CH2]C(F)(F)C(F)(F)C(F)(F)F)[CH2]C(F)(F)C(F)(F)C(F)(F)F. The van der Waals surface area contributed by atoms with Crippen molar-refractivity contribution in [2.45, 2.75) is 67.4 Å². The Labute approximate surface area is 189 Å². The Morgan fingerprint density at radius 2 is 0.556 bits per heavy atom. The van der Waals surface area contributed by atoms with Crippen molar-refractivity contribution in [1.29, 1.82) is 0 Å². The quantitative estimate of drug-likeness (QED) is 0.166. The molecule has 0 aliphatic heterocycles. The fourth-order valence-corrected chi connectivity index (χ4v) is 13.7. The third kappa shape index (κ3) is 6.29. The normalized spacial score (nSPS) is 16.5. The van der Waals surface area contributed by atoms with Gasteiger partial charge in [0, 0.05) is 0 Å². The van der Waals surface area contributed by atoms with Gasteiger partial charge in [-0.05, 0) is 0 Å². The molecule has 0 atom stereocenters. The molecule has 1 nitrogen and oxygen atoms in total. The zero-order valence-electron chi connectivity index (χ0n) is 16.5. The average molecular weight is 699 g/mol. The minimum absolute atomic E-state index is 0.485. The van der Waals surface area contributed by atoms with Crippen LogP contribution in [0.4, 0.5) is 92.2 Å². The monoisotopic (exact) mass is 700 g/mol. The van der Waals surface area contributed by atoms with Gasteiger partial charge in [-0.25, -0.2) is 0 Å². The van der Waals surface area contributed by atoms with Crippen LogP contribution < -0.4 is 0 Å². The molecule has 0 aliphatic rings. The topological polar surface area (TPSA) is 9.23 Å². The Morgan fingerprint density at radius 3 is 0.667 bits per heavy atom. The van der Waals surface area contributed by atoms with E-state index in [1.54, 1.807) is 0 Å². The number of halogens is 21. The van der Waals surface area contributed by atoms with Crippen LogP contribution in [0.25, 0.3) is 0 Å². The van der Waals surface area contributed by atoms with E-state index in [4.69, 9.17) is 0 Å². The van der Waals surface area contributed by atoms with Crippen LogP contribution in [0.3, 0.4) is 0 Å². The van der Waals surface area contributed by atoms with Crippen molar-refractivity contribution in [2.75, 3.05) is 7.11 Å². The molecule has 0 aliphatic carbocycles. The van der Waals surface area contributed by atoms with Crippen LogP contribution in [-0.2, 0) is 3.07 Å². The van der Waals surface area contributed by atoms with Gasteiger partial charge in [-0.3, -0.25) is 0 Å². The number of hydrogen-bond donors (Lipinski definition) is 0. The molecule has 0 N–H and O–H groups in total. The van der Waals surface area contributed by atoms with Crippen LogP contribution in [0.5, 0.6) is 0 Å². The Bertz CT molecular complexity index is 661. The molecule has 0 saturated heterocycles. The number of alkyl halides is 21. The minimum atomic E-state index is -8.46. The molecule has 0 aromatic rings. The third-order valence-corrected chi connectivity index (χ3v) is 16.3. The number of hydrogen-bond acceptors (Lipinski definition) is 1. The molecule has 0 radical (unpaired) electrons. The molecule has 36 heavy (non-hydrogen) atoms. The maximum atomic E-state index is 13.8. The first-order valence-electron chi connectivity index (χ1n) is 8.20. The summed E-state index contributed by atoms with van der Waals surface area (Å²) in [6.07, 6.45) is -22.2. The van der Waals surface area contributed by atoms with Gasteiger partial charge < -0.3 is 0 Å².